The minimum atomic E-state index is -0.445. The average molecular weight is 519 g/mol. The van der Waals surface area contributed by atoms with Gasteiger partial charge in [0.15, 0.2) is 5.13 Å². The van der Waals surface area contributed by atoms with Gasteiger partial charge in [-0.25, -0.2) is 15.4 Å². The SMILES string of the molecule is CC(Sc1cnc(NC(=O)Cc2ccc(OCCCC(=O)NO)cc2)s1)c1ncc(C(C)(C)C)o1. The summed E-state index contributed by atoms with van der Waals surface area (Å²) in [5, 5.41) is 11.9. The quantitative estimate of drug-likeness (QED) is 0.138. The lowest BCUT2D eigenvalue weighted by atomic mass is 9.94. The second-order valence-electron chi connectivity index (χ2n) is 8.91. The second-order valence-corrected chi connectivity index (χ2v) is 11.6. The van der Waals surface area contributed by atoms with E-state index in [1.807, 2.05) is 19.1 Å². The smallest absolute Gasteiger partial charge is 0.243 e. The van der Waals surface area contributed by atoms with E-state index in [0.717, 1.165) is 15.5 Å². The largest absolute Gasteiger partial charge is 0.494 e. The van der Waals surface area contributed by atoms with Gasteiger partial charge in [0.2, 0.25) is 17.7 Å². The highest BCUT2D eigenvalue weighted by molar-refractivity contribution is 8.01. The van der Waals surface area contributed by atoms with Crippen LogP contribution >= 0.6 is 23.1 Å². The van der Waals surface area contributed by atoms with Gasteiger partial charge in [-0.3, -0.25) is 14.8 Å². The number of hydrogen-bond acceptors (Lipinski definition) is 9. The first kappa shape index (κ1) is 26.7. The Hall–Kier alpha value is -2.89. The average Bonchev–Trinajstić information content (AvgIpc) is 3.47. The third kappa shape index (κ3) is 8.37. The lowest BCUT2D eigenvalue weighted by molar-refractivity contribution is -0.129. The Morgan fingerprint density at radius 1 is 1.17 bits per heavy atom. The first-order valence-electron chi connectivity index (χ1n) is 11.2. The number of thiazole rings is 1. The van der Waals surface area contributed by atoms with Crippen molar-refractivity contribution in [2.75, 3.05) is 11.9 Å². The lowest BCUT2D eigenvalue weighted by Gasteiger charge is -2.13. The summed E-state index contributed by atoms with van der Waals surface area (Å²) in [6.07, 6.45) is 4.40. The molecule has 35 heavy (non-hydrogen) atoms. The molecule has 0 spiro atoms. The van der Waals surface area contributed by atoms with Gasteiger partial charge in [0.05, 0.1) is 34.9 Å². The van der Waals surface area contributed by atoms with E-state index in [-0.39, 0.29) is 29.4 Å². The van der Waals surface area contributed by atoms with Crippen molar-refractivity contribution in [2.24, 2.45) is 0 Å². The Morgan fingerprint density at radius 2 is 1.91 bits per heavy atom. The Balaban J connectivity index is 1.45. The Morgan fingerprint density at radius 3 is 2.57 bits per heavy atom. The van der Waals surface area contributed by atoms with E-state index in [4.69, 9.17) is 14.4 Å². The van der Waals surface area contributed by atoms with Gasteiger partial charge in [-0.05, 0) is 31.0 Å². The fraction of sp³-hybridized carbons (Fsp3) is 0.417. The highest BCUT2D eigenvalue weighted by atomic mass is 32.2. The van der Waals surface area contributed by atoms with Crippen LogP contribution in [0, 0.1) is 0 Å². The number of nitrogens with zero attached hydrogens (tertiary/aromatic N) is 2. The van der Waals surface area contributed by atoms with Gasteiger partial charge in [0.1, 0.15) is 11.5 Å². The molecule has 1 unspecified atom stereocenters. The number of thioether (sulfide) groups is 1. The van der Waals surface area contributed by atoms with Crippen molar-refractivity contribution < 1.29 is 24.0 Å². The van der Waals surface area contributed by atoms with Gasteiger partial charge < -0.3 is 14.5 Å². The van der Waals surface area contributed by atoms with Crippen molar-refractivity contribution >= 4 is 40.0 Å². The van der Waals surface area contributed by atoms with Crippen molar-refractivity contribution in [3.63, 3.8) is 0 Å². The molecule has 188 valence electrons. The Labute approximate surface area is 212 Å². The van der Waals surface area contributed by atoms with Crippen LogP contribution in [0.1, 0.15) is 63.0 Å². The van der Waals surface area contributed by atoms with Crippen molar-refractivity contribution in [1.29, 1.82) is 0 Å². The number of benzene rings is 1. The maximum absolute atomic E-state index is 12.5. The van der Waals surface area contributed by atoms with Crippen LogP contribution in [-0.4, -0.2) is 33.6 Å². The number of anilines is 1. The molecule has 2 aromatic heterocycles. The van der Waals surface area contributed by atoms with Gasteiger partial charge in [-0.1, -0.05) is 44.2 Å². The molecule has 9 nitrogen and oxygen atoms in total. The van der Waals surface area contributed by atoms with Crippen molar-refractivity contribution in [3.8, 4) is 5.75 Å². The minimum absolute atomic E-state index is 0.0164. The van der Waals surface area contributed by atoms with E-state index in [9.17, 15) is 9.59 Å². The third-order valence-corrected chi connectivity index (χ3v) is 7.00. The number of hydrogen-bond donors (Lipinski definition) is 3. The van der Waals surface area contributed by atoms with Gasteiger partial charge in [-0.15, -0.1) is 11.8 Å². The highest BCUT2D eigenvalue weighted by Crippen LogP contribution is 2.39. The minimum Gasteiger partial charge on any atom is -0.494 e. The van der Waals surface area contributed by atoms with Crippen LogP contribution in [0.5, 0.6) is 5.75 Å². The molecule has 1 atom stereocenters. The summed E-state index contributed by atoms with van der Waals surface area (Å²) < 4.78 is 12.4. The van der Waals surface area contributed by atoms with E-state index in [1.54, 1.807) is 41.8 Å². The summed E-state index contributed by atoms with van der Waals surface area (Å²) in [6.45, 7) is 8.63. The third-order valence-electron chi connectivity index (χ3n) is 4.86. The molecular weight excluding hydrogens is 488 g/mol. The summed E-state index contributed by atoms with van der Waals surface area (Å²) in [5.41, 5.74) is 2.33. The summed E-state index contributed by atoms with van der Waals surface area (Å²) in [7, 11) is 0. The highest BCUT2D eigenvalue weighted by Gasteiger charge is 2.22. The monoisotopic (exact) mass is 518 g/mol. The van der Waals surface area contributed by atoms with Crippen LogP contribution in [-0.2, 0) is 21.4 Å². The van der Waals surface area contributed by atoms with Crippen LogP contribution in [0.15, 0.2) is 45.3 Å². The fourth-order valence-electron chi connectivity index (χ4n) is 2.95. The zero-order valence-electron chi connectivity index (χ0n) is 20.2. The first-order valence-corrected chi connectivity index (χ1v) is 12.9. The molecule has 0 saturated carbocycles. The van der Waals surface area contributed by atoms with Crippen LogP contribution < -0.4 is 15.5 Å². The standard InChI is InChI=1S/C24H30N4O5S2/c1-15(22-25-13-18(33-22)24(2,3)4)34-21-14-26-23(35-21)27-20(30)12-16-7-9-17(10-8-16)32-11-5-6-19(29)28-31/h7-10,13-15,31H,5-6,11-12H2,1-4H3,(H,28,29)(H,26,27,30). The van der Waals surface area contributed by atoms with Gasteiger partial charge in [0, 0.05) is 11.8 Å². The van der Waals surface area contributed by atoms with E-state index in [2.05, 4.69) is 36.1 Å². The molecule has 0 aliphatic heterocycles. The van der Waals surface area contributed by atoms with E-state index >= 15 is 0 Å². The molecule has 0 radical (unpaired) electrons. The molecule has 2 heterocycles. The molecule has 0 fully saturated rings. The molecule has 0 aliphatic rings. The predicted molar refractivity (Wildman–Crippen MR) is 135 cm³/mol. The van der Waals surface area contributed by atoms with Crippen LogP contribution in [0.2, 0.25) is 0 Å². The summed E-state index contributed by atoms with van der Waals surface area (Å²) in [5.74, 6) is 1.57. The van der Waals surface area contributed by atoms with Crippen LogP contribution in [0.4, 0.5) is 5.13 Å². The number of rotatable bonds is 11. The molecular formula is C24H30N4O5S2. The number of hydroxylamine groups is 1. The summed E-state index contributed by atoms with van der Waals surface area (Å²) >= 11 is 3.00. The number of carbonyl (C=O) groups is 2. The molecule has 0 aliphatic carbocycles. The number of amides is 2. The van der Waals surface area contributed by atoms with Crippen LogP contribution in [0.25, 0.3) is 0 Å². The fourth-order valence-corrected chi connectivity index (χ4v) is 5.05. The number of aromatic nitrogens is 2. The molecule has 3 aromatic rings. The predicted octanol–water partition coefficient (Wildman–Crippen LogP) is 5.13. The molecule has 2 amide bonds. The molecule has 3 rings (SSSR count). The zero-order valence-corrected chi connectivity index (χ0v) is 21.8. The van der Waals surface area contributed by atoms with E-state index < -0.39 is 5.91 Å². The van der Waals surface area contributed by atoms with Crippen molar-refractivity contribution in [3.05, 3.63) is 53.9 Å². The maximum atomic E-state index is 12.5. The van der Waals surface area contributed by atoms with Crippen molar-refractivity contribution in [2.45, 2.75) is 61.8 Å². The van der Waals surface area contributed by atoms with Gasteiger partial charge >= 0.3 is 0 Å². The van der Waals surface area contributed by atoms with E-state index in [0.29, 0.717) is 29.8 Å². The zero-order chi connectivity index (χ0) is 25.4. The topological polar surface area (TPSA) is 127 Å². The first-order chi connectivity index (χ1) is 16.6. The molecule has 1 aromatic carbocycles. The van der Waals surface area contributed by atoms with Crippen LogP contribution in [0.3, 0.4) is 0 Å². The Bertz CT molecular complexity index is 1120. The number of nitrogens with one attached hydrogen (secondary N) is 2. The molecule has 0 bridgehead atoms. The summed E-state index contributed by atoms with van der Waals surface area (Å²) in [6, 6.07) is 7.20. The molecule has 0 saturated heterocycles. The molecule has 3 N–H and O–H groups in total. The normalized spacial score (nSPS) is 12.3. The van der Waals surface area contributed by atoms with Gasteiger partial charge in [0.25, 0.3) is 0 Å². The molecule has 11 heteroatoms. The van der Waals surface area contributed by atoms with Gasteiger partial charge in [-0.2, -0.15) is 0 Å². The lowest BCUT2D eigenvalue weighted by Crippen LogP contribution is -2.18. The second kappa shape index (κ2) is 12.2. The number of carbonyl (C=O) groups excluding carboxylic acids is 2. The van der Waals surface area contributed by atoms with Crippen molar-refractivity contribution in [1.82, 2.24) is 15.4 Å². The van der Waals surface area contributed by atoms with E-state index in [1.165, 1.54) is 11.3 Å². The number of ether oxygens (including phenoxy) is 1. The number of oxazole rings is 1. The summed E-state index contributed by atoms with van der Waals surface area (Å²) in [4.78, 5) is 32.2. The maximum Gasteiger partial charge on any atom is 0.243 e. The Kier molecular flexibility index (Phi) is 9.30.